The molecule has 0 radical (unpaired) electrons. The lowest BCUT2D eigenvalue weighted by Crippen LogP contribution is -2.18. The van der Waals surface area contributed by atoms with Crippen molar-refractivity contribution in [2.45, 2.75) is 31.7 Å². The second-order valence-electron chi connectivity index (χ2n) is 4.35. The van der Waals surface area contributed by atoms with E-state index in [9.17, 15) is 0 Å². The van der Waals surface area contributed by atoms with Gasteiger partial charge in [-0.3, -0.25) is 0 Å². The van der Waals surface area contributed by atoms with Crippen molar-refractivity contribution in [3.05, 3.63) is 29.5 Å². The first-order valence-corrected chi connectivity index (χ1v) is 5.40. The first-order valence-electron chi connectivity index (χ1n) is 5.40. The zero-order valence-corrected chi connectivity index (χ0v) is 8.79. The Morgan fingerprint density at radius 2 is 2.27 bits per heavy atom. The molecular weight excluding hydrogens is 188 g/mol. The van der Waals surface area contributed by atoms with Gasteiger partial charge in [-0.1, -0.05) is 18.1 Å². The summed E-state index contributed by atoms with van der Waals surface area (Å²) >= 11 is 0. The Morgan fingerprint density at radius 1 is 1.47 bits per heavy atom. The number of hydrogen-bond acceptors (Lipinski definition) is 3. The summed E-state index contributed by atoms with van der Waals surface area (Å²) in [5.41, 5.74) is 9.20. The molecule has 1 saturated carbocycles. The van der Waals surface area contributed by atoms with Crippen LogP contribution in [0.2, 0.25) is 0 Å². The quantitative estimate of drug-likeness (QED) is 0.813. The molecule has 1 fully saturated rings. The van der Waals surface area contributed by atoms with Gasteiger partial charge in [-0.05, 0) is 37.0 Å². The molecule has 2 N–H and O–H groups in total. The largest absolute Gasteiger partial charge is 0.356 e. The Hall–Kier alpha value is -1.35. The van der Waals surface area contributed by atoms with Crippen LogP contribution in [0.4, 0.5) is 0 Å². The van der Waals surface area contributed by atoms with Gasteiger partial charge in [-0.25, -0.2) is 0 Å². The number of fused-ring (bicyclic) bond motifs is 1. The molecule has 3 nitrogen and oxygen atoms in total. The molecule has 78 valence electrons. The summed E-state index contributed by atoms with van der Waals surface area (Å²) in [5, 5.41) is 5.16. The van der Waals surface area contributed by atoms with E-state index in [1.54, 1.807) is 0 Å². The summed E-state index contributed by atoms with van der Waals surface area (Å²) in [4.78, 5) is 0. The molecule has 0 amide bonds. The van der Waals surface area contributed by atoms with Crippen LogP contribution in [0, 0.1) is 0 Å². The lowest BCUT2D eigenvalue weighted by Gasteiger charge is -2.08. The van der Waals surface area contributed by atoms with Crippen molar-refractivity contribution >= 4 is 11.0 Å². The van der Waals surface area contributed by atoms with Crippen LogP contribution in [0.3, 0.4) is 0 Å². The molecule has 3 rings (SSSR count). The number of hydrogen-bond donors (Lipinski definition) is 1. The molecule has 1 heterocycles. The van der Waals surface area contributed by atoms with Crippen molar-refractivity contribution < 1.29 is 4.52 Å². The van der Waals surface area contributed by atoms with Crippen LogP contribution in [-0.2, 0) is 12.0 Å². The van der Waals surface area contributed by atoms with E-state index in [0.717, 1.165) is 35.9 Å². The highest BCUT2D eigenvalue weighted by Gasteiger charge is 2.40. The molecule has 0 atom stereocenters. The molecule has 0 aliphatic heterocycles. The predicted molar refractivity (Wildman–Crippen MR) is 58.5 cm³/mol. The van der Waals surface area contributed by atoms with Crippen LogP contribution in [0.5, 0.6) is 0 Å². The topological polar surface area (TPSA) is 52.0 Å². The van der Waals surface area contributed by atoms with Crippen LogP contribution in [-0.4, -0.2) is 5.16 Å². The maximum Gasteiger partial charge on any atom is 0.167 e. The van der Waals surface area contributed by atoms with Gasteiger partial charge in [0.25, 0.3) is 0 Å². The maximum absolute atomic E-state index is 6.17. The minimum Gasteiger partial charge on any atom is -0.356 e. The third kappa shape index (κ3) is 1.27. The number of nitrogens with zero attached hydrogens (tertiary/aromatic N) is 1. The van der Waals surface area contributed by atoms with Gasteiger partial charge in [0.05, 0.1) is 5.69 Å². The Labute approximate surface area is 88.2 Å². The van der Waals surface area contributed by atoms with E-state index in [0.29, 0.717) is 0 Å². The van der Waals surface area contributed by atoms with Gasteiger partial charge in [0.15, 0.2) is 5.58 Å². The lowest BCUT2D eigenvalue weighted by molar-refractivity contribution is 0.447. The highest BCUT2D eigenvalue weighted by atomic mass is 16.5. The molecule has 0 spiro atoms. The lowest BCUT2D eigenvalue weighted by atomic mass is 10.0. The van der Waals surface area contributed by atoms with Crippen LogP contribution in [0.25, 0.3) is 11.0 Å². The Bertz CT molecular complexity index is 511. The van der Waals surface area contributed by atoms with Gasteiger partial charge >= 0.3 is 0 Å². The van der Waals surface area contributed by atoms with Gasteiger partial charge in [0, 0.05) is 10.9 Å². The smallest absolute Gasteiger partial charge is 0.167 e. The van der Waals surface area contributed by atoms with E-state index >= 15 is 0 Å². The predicted octanol–water partition coefficient (Wildman–Crippen LogP) is 2.34. The number of aromatic nitrogens is 1. The van der Waals surface area contributed by atoms with Crippen molar-refractivity contribution in [1.82, 2.24) is 5.16 Å². The molecule has 0 unspecified atom stereocenters. The molecule has 1 aliphatic carbocycles. The normalized spacial score (nSPS) is 18.3. The average Bonchev–Trinajstić information content (AvgIpc) is 2.88. The van der Waals surface area contributed by atoms with E-state index in [4.69, 9.17) is 10.3 Å². The van der Waals surface area contributed by atoms with Crippen LogP contribution < -0.4 is 5.73 Å². The standard InChI is InChI=1S/C12H14N2O/c1-2-10-9-7-8(12(13)5-6-12)3-4-11(9)15-14-10/h3-4,7H,2,5-6,13H2,1H3. The van der Waals surface area contributed by atoms with Gasteiger partial charge < -0.3 is 10.3 Å². The highest BCUT2D eigenvalue weighted by Crippen LogP contribution is 2.43. The number of aryl methyl sites for hydroxylation is 1. The van der Waals surface area contributed by atoms with Crippen molar-refractivity contribution in [2.24, 2.45) is 5.73 Å². The monoisotopic (exact) mass is 202 g/mol. The van der Waals surface area contributed by atoms with Crippen LogP contribution in [0.15, 0.2) is 22.7 Å². The fourth-order valence-electron chi connectivity index (χ4n) is 1.98. The average molecular weight is 202 g/mol. The minimum atomic E-state index is -0.0729. The third-order valence-electron chi connectivity index (χ3n) is 3.24. The van der Waals surface area contributed by atoms with Gasteiger partial charge in [0.2, 0.25) is 0 Å². The number of benzene rings is 1. The van der Waals surface area contributed by atoms with Crippen molar-refractivity contribution in [2.75, 3.05) is 0 Å². The molecule has 1 aliphatic rings. The Balaban J connectivity index is 2.19. The van der Waals surface area contributed by atoms with Crippen molar-refractivity contribution in [1.29, 1.82) is 0 Å². The molecule has 3 heteroatoms. The van der Waals surface area contributed by atoms with Gasteiger partial charge in [-0.15, -0.1) is 0 Å². The molecule has 0 bridgehead atoms. The fraction of sp³-hybridized carbons (Fsp3) is 0.417. The second kappa shape index (κ2) is 2.83. The third-order valence-corrected chi connectivity index (χ3v) is 3.24. The molecule has 15 heavy (non-hydrogen) atoms. The maximum atomic E-state index is 6.17. The number of rotatable bonds is 2. The SMILES string of the molecule is CCc1noc2ccc(C3(N)CC3)cc12. The fourth-order valence-corrected chi connectivity index (χ4v) is 1.98. The summed E-state index contributed by atoms with van der Waals surface area (Å²) < 4.78 is 5.24. The zero-order chi connectivity index (χ0) is 10.5. The molecule has 1 aromatic heterocycles. The van der Waals surface area contributed by atoms with E-state index in [-0.39, 0.29) is 5.54 Å². The van der Waals surface area contributed by atoms with Crippen molar-refractivity contribution in [3.8, 4) is 0 Å². The first-order chi connectivity index (χ1) is 7.23. The van der Waals surface area contributed by atoms with Gasteiger partial charge in [-0.2, -0.15) is 0 Å². The highest BCUT2D eigenvalue weighted by molar-refractivity contribution is 5.80. The zero-order valence-electron chi connectivity index (χ0n) is 8.79. The summed E-state index contributed by atoms with van der Waals surface area (Å²) in [6.45, 7) is 2.08. The van der Waals surface area contributed by atoms with Gasteiger partial charge in [0.1, 0.15) is 0 Å². The second-order valence-corrected chi connectivity index (χ2v) is 4.35. The molecule has 1 aromatic carbocycles. The summed E-state index contributed by atoms with van der Waals surface area (Å²) in [7, 11) is 0. The van der Waals surface area contributed by atoms with E-state index in [1.165, 1.54) is 5.56 Å². The van der Waals surface area contributed by atoms with Crippen molar-refractivity contribution in [3.63, 3.8) is 0 Å². The summed E-state index contributed by atoms with van der Waals surface area (Å²) in [6, 6.07) is 6.17. The minimum absolute atomic E-state index is 0.0729. The van der Waals surface area contributed by atoms with E-state index in [2.05, 4.69) is 24.2 Å². The van der Waals surface area contributed by atoms with E-state index < -0.39 is 0 Å². The molecular formula is C12H14N2O. The van der Waals surface area contributed by atoms with E-state index in [1.807, 2.05) is 6.07 Å². The Morgan fingerprint density at radius 3 is 2.93 bits per heavy atom. The Kier molecular flexibility index (Phi) is 1.68. The summed E-state index contributed by atoms with van der Waals surface area (Å²) in [6.07, 6.45) is 3.07. The van der Waals surface area contributed by atoms with Crippen LogP contribution >= 0.6 is 0 Å². The summed E-state index contributed by atoms with van der Waals surface area (Å²) in [5.74, 6) is 0. The molecule has 2 aromatic rings. The molecule has 0 saturated heterocycles. The number of nitrogens with two attached hydrogens (primary N) is 1. The van der Waals surface area contributed by atoms with Crippen LogP contribution in [0.1, 0.15) is 31.0 Å². The first kappa shape index (κ1) is 8.92.